The van der Waals surface area contributed by atoms with E-state index in [9.17, 15) is 4.79 Å². The molecule has 1 aliphatic rings. The van der Waals surface area contributed by atoms with Crippen molar-refractivity contribution in [3.05, 3.63) is 59.8 Å². The van der Waals surface area contributed by atoms with Crippen molar-refractivity contribution in [3.8, 4) is 17.1 Å². The lowest BCUT2D eigenvalue weighted by molar-refractivity contribution is 0.0323. The molecule has 0 atom stereocenters. The average molecular weight is 461 g/mol. The largest absolute Gasteiger partial charge is 0.491 e. The van der Waals surface area contributed by atoms with Crippen molar-refractivity contribution in [1.29, 1.82) is 0 Å². The van der Waals surface area contributed by atoms with Crippen molar-refractivity contribution >= 4 is 22.8 Å². The van der Waals surface area contributed by atoms with E-state index >= 15 is 0 Å². The summed E-state index contributed by atoms with van der Waals surface area (Å²) < 4.78 is 13.2. The van der Waals surface area contributed by atoms with Gasteiger partial charge < -0.3 is 19.8 Å². The molecule has 2 aromatic heterocycles. The Morgan fingerprint density at radius 2 is 2.00 bits per heavy atom. The predicted octanol–water partition coefficient (Wildman–Crippen LogP) is 3.24. The zero-order valence-electron chi connectivity index (χ0n) is 19.4. The Bertz CT molecular complexity index is 1310. The molecule has 1 saturated heterocycles. The standard InChI is InChI=1S/C25H28N6O3/c1-17-16-22(30(2)29-17)27-25(32)19-7-5-8-20-23(19)28-24(26-20)18-6-3-4-9-21(18)34-15-12-31-10-13-33-14-11-31/h3-9,16H,10-15H2,1-2H3,(H,26,28)(H,27,32). The molecular formula is C25H28N6O3. The van der Waals surface area contributed by atoms with Gasteiger partial charge in [-0.25, -0.2) is 4.98 Å². The molecule has 176 valence electrons. The number of H-pyrrole nitrogens is 1. The summed E-state index contributed by atoms with van der Waals surface area (Å²) in [5.74, 6) is 1.82. The second kappa shape index (κ2) is 9.66. The summed E-state index contributed by atoms with van der Waals surface area (Å²) in [6.45, 7) is 6.70. The summed E-state index contributed by atoms with van der Waals surface area (Å²) >= 11 is 0. The van der Waals surface area contributed by atoms with Crippen molar-refractivity contribution in [3.63, 3.8) is 0 Å². The van der Waals surface area contributed by atoms with Crippen molar-refractivity contribution in [1.82, 2.24) is 24.6 Å². The first-order valence-corrected chi connectivity index (χ1v) is 11.4. The monoisotopic (exact) mass is 460 g/mol. The molecule has 3 heterocycles. The molecule has 0 unspecified atom stereocenters. The van der Waals surface area contributed by atoms with Crippen LogP contribution in [0.3, 0.4) is 0 Å². The molecule has 0 bridgehead atoms. The number of aryl methyl sites for hydroxylation is 2. The highest BCUT2D eigenvalue weighted by molar-refractivity contribution is 6.11. The highest BCUT2D eigenvalue weighted by Crippen LogP contribution is 2.30. The molecule has 0 saturated carbocycles. The fraction of sp³-hybridized carbons (Fsp3) is 0.320. The van der Waals surface area contributed by atoms with E-state index in [1.165, 1.54) is 0 Å². The van der Waals surface area contributed by atoms with Crippen LogP contribution in [0.1, 0.15) is 16.1 Å². The number of aromatic nitrogens is 4. The second-order valence-electron chi connectivity index (χ2n) is 8.33. The number of fused-ring (bicyclic) bond motifs is 1. The lowest BCUT2D eigenvalue weighted by atomic mass is 10.1. The second-order valence-corrected chi connectivity index (χ2v) is 8.33. The molecule has 0 spiro atoms. The molecule has 9 heteroatoms. The summed E-state index contributed by atoms with van der Waals surface area (Å²) in [4.78, 5) is 23.5. The average Bonchev–Trinajstić information content (AvgIpc) is 3.42. The van der Waals surface area contributed by atoms with Gasteiger partial charge in [-0.05, 0) is 31.2 Å². The molecule has 2 aromatic carbocycles. The maximum absolute atomic E-state index is 13.0. The molecule has 1 aliphatic heterocycles. The highest BCUT2D eigenvalue weighted by atomic mass is 16.5. The lowest BCUT2D eigenvalue weighted by Gasteiger charge is -2.26. The number of para-hydroxylation sites is 2. The van der Waals surface area contributed by atoms with Gasteiger partial charge in [0.25, 0.3) is 5.91 Å². The van der Waals surface area contributed by atoms with Crippen LogP contribution in [0.15, 0.2) is 48.5 Å². The third-order valence-corrected chi connectivity index (χ3v) is 5.91. The number of nitrogens with one attached hydrogen (secondary N) is 2. The number of imidazole rings is 1. The summed E-state index contributed by atoms with van der Waals surface area (Å²) in [5, 5.41) is 7.21. The lowest BCUT2D eigenvalue weighted by Crippen LogP contribution is -2.38. The minimum Gasteiger partial charge on any atom is -0.491 e. The van der Waals surface area contributed by atoms with Crippen LogP contribution in [0, 0.1) is 6.92 Å². The zero-order chi connectivity index (χ0) is 23.5. The summed E-state index contributed by atoms with van der Waals surface area (Å²) in [6, 6.07) is 15.2. The van der Waals surface area contributed by atoms with Crippen molar-refractivity contribution in [2.24, 2.45) is 7.05 Å². The number of aromatic amines is 1. The van der Waals surface area contributed by atoms with Gasteiger partial charge >= 0.3 is 0 Å². The first-order valence-electron chi connectivity index (χ1n) is 11.4. The number of carbonyl (C=O) groups is 1. The van der Waals surface area contributed by atoms with Crippen LogP contribution in [-0.4, -0.2) is 70.0 Å². The first kappa shape index (κ1) is 22.1. The van der Waals surface area contributed by atoms with E-state index in [1.807, 2.05) is 49.4 Å². The number of morpholine rings is 1. The van der Waals surface area contributed by atoms with Crippen LogP contribution in [0.25, 0.3) is 22.4 Å². The van der Waals surface area contributed by atoms with Crippen LogP contribution >= 0.6 is 0 Å². The number of hydrogen-bond donors (Lipinski definition) is 2. The number of nitrogens with zero attached hydrogens (tertiary/aromatic N) is 4. The number of amides is 1. The third-order valence-electron chi connectivity index (χ3n) is 5.91. The number of ether oxygens (including phenoxy) is 2. The Morgan fingerprint density at radius 1 is 1.18 bits per heavy atom. The normalized spacial score (nSPS) is 14.4. The van der Waals surface area contributed by atoms with E-state index < -0.39 is 0 Å². The molecule has 0 radical (unpaired) electrons. The maximum atomic E-state index is 13.0. The molecule has 9 nitrogen and oxygen atoms in total. The van der Waals surface area contributed by atoms with E-state index in [0.29, 0.717) is 29.3 Å². The molecule has 34 heavy (non-hydrogen) atoms. The van der Waals surface area contributed by atoms with Crippen LogP contribution < -0.4 is 10.1 Å². The predicted molar refractivity (Wildman–Crippen MR) is 130 cm³/mol. The van der Waals surface area contributed by atoms with Gasteiger partial charge in [-0.3, -0.25) is 14.4 Å². The van der Waals surface area contributed by atoms with Crippen LogP contribution in [0.5, 0.6) is 5.75 Å². The molecule has 1 amide bonds. The van der Waals surface area contributed by atoms with Crippen molar-refractivity contribution in [2.75, 3.05) is 44.8 Å². The Labute approximate surface area is 197 Å². The van der Waals surface area contributed by atoms with Gasteiger partial charge in [-0.1, -0.05) is 18.2 Å². The van der Waals surface area contributed by atoms with Gasteiger partial charge in [0.1, 0.15) is 29.5 Å². The fourth-order valence-corrected chi connectivity index (χ4v) is 4.15. The van der Waals surface area contributed by atoms with Crippen LogP contribution in [-0.2, 0) is 11.8 Å². The molecular weight excluding hydrogens is 432 g/mol. The fourth-order valence-electron chi connectivity index (χ4n) is 4.15. The summed E-state index contributed by atoms with van der Waals surface area (Å²) in [5.41, 5.74) is 3.58. The minimum atomic E-state index is -0.235. The quantitative estimate of drug-likeness (QED) is 0.440. The number of carbonyl (C=O) groups excluding carboxylic acids is 1. The van der Waals surface area contributed by atoms with Gasteiger partial charge in [0.15, 0.2) is 0 Å². The molecule has 2 N–H and O–H groups in total. The minimum absolute atomic E-state index is 0.235. The van der Waals surface area contributed by atoms with E-state index in [1.54, 1.807) is 17.8 Å². The van der Waals surface area contributed by atoms with E-state index in [2.05, 4.69) is 20.3 Å². The Morgan fingerprint density at radius 3 is 2.79 bits per heavy atom. The molecule has 4 aromatic rings. The van der Waals surface area contributed by atoms with Gasteiger partial charge in [0.05, 0.1) is 35.6 Å². The molecule has 0 aliphatic carbocycles. The van der Waals surface area contributed by atoms with Crippen molar-refractivity contribution < 1.29 is 14.3 Å². The summed E-state index contributed by atoms with van der Waals surface area (Å²) in [7, 11) is 1.80. The van der Waals surface area contributed by atoms with Gasteiger partial charge in [-0.15, -0.1) is 0 Å². The first-order chi connectivity index (χ1) is 16.6. The van der Waals surface area contributed by atoms with Gasteiger partial charge in [0.2, 0.25) is 0 Å². The van der Waals surface area contributed by atoms with Crippen LogP contribution in [0.4, 0.5) is 5.82 Å². The van der Waals surface area contributed by atoms with Gasteiger partial charge in [0, 0.05) is 32.7 Å². The Kier molecular flexibility index (Phi) is 6.29. The Hall–Kier alpha value is -3.69. The van der Waals surface area contributed by atoms with E-state index in [0.717, 1.165) is 55.4 Å². The molecule has 5 rings (SSSR count). The van der Waals surface area contributed by atoms with E-state index in [4.69, 9.17) is 14.5 Å². The van der Waals surface area contributed by atoms with Crippen molar-refractivity contribution in [2.45, 2.75) is 6.92 Å². The maximum Gasteiger partial charge on any atom is 0.259 e. The topological polar surface area (TPSA) is 97.3 Å². The zero-order valence-corrected chi connectivity index (χ0v) is 19.4. The number of hydrogen-bond acceptors (Lipinski definition) is 6. The van der Waals surface area contributed by atoms with E-state index in [-0.39, 0.29) is 5.91 Å². The van der Waals surface area contributed by atoms with Crippen LogP contribution in [0.2, 0.25) is 0 Å². The highest BCUT2D eigenvalue weighted by Gasteiger charge is 2.18. The third kappa shape index (κ3) is 4.66. The smallest absolute Gasteiger partial charge is 0.259 e. The van der Waals surface area contributed by atoms with Gasteiger partial charge in [-0.2, -0.15) is 5.10 Å². The number of rotatable bonds is 7. The number of benzene rings is 2. The Balaban J connectivity index is 1.37. The summed E-state index contributed by atoms with van der Waals surface area (Å²) in [6.07, 6.45) is 0. The SMILES string of the molecule is Cc1cc(NC(=O)c2cccc3[nH]c(-c4ccccc4OCCN4CCOCC4)nc23)n(C)n1. The number of anilines is 1. The molecule has 1 fully saturated rings.